The molecular formula is C12H17F3N2. The van der Waals surface area contributed by atoms with E-state index in [0.717, 1.165) is 25.0 Å². The van der Waals surface area contributed by atoms with Gasteiger partial charge in [-0.15, -0.1) is 0 Å². The van der Waals surface area contributed by atoms with Crippen LogP contribution in [-0.2, 0) is 0 Å². The summed E-state index contributed by atoms with van der Waals surface area (Å²) in [7, 11) is 0. The normalized spacial score (nSPS) is 14.7. The molecule has 0 fully saturated rings. The minimum Gasteiger partial charge on any atom is -0.271 e. The summed E-state index contributed by atoms with van der Waals surface area (Å²) in [4.78, 5) is 0. The van der Waals surface area contributed by atoms with E-state index in [9.17, 15) is 13.2 Å². The van der Waals surface area contributed by atoms with Gasteiger partial charge in [-0.25, -0.2) is 13.2 Å². The van der Waals surface area contributed by atoms with Crippen molar-refractivity contribution in [2.24, 2.45) is 11.8 Å². The fraction of sp³-hybridized carbons (Fsp3) is 0.500. The lowest BCUT2D eigenvalue weighted by atomic mass is 9.91. The minimum atomic E-state index is -1.45. The van der Waals surface area contributed by atoms with Gasteiger partial charge < -0.3 is 0 Å². The monoisotopic (exact) mass is 246 g/mol. The molecular weight excluding hydrogens is 229 g/mol. The fourth-order valence-electron chi connectivity index (χ4n) is 1.97. The molecule has 96 valence electrons. The Morgan fingerprint density at radius 1 is 1.24 bits per heavy atom. The predicted molar refractivity (Wildman–Crippen MR) is 60.5 cm³/mol. The van der Waals surface area contributed by atoms with Crippen LogP contribution in [0.5, 0.6) is 0 Å². The van der Waals surface area contributed by atoms with Crippen LogP contribution in [-0.4, -0.2) is 0 Å². The summed E-state index contributed by atoms with van der Waals surface area (Å²) in [5, 5.41) is 0. The SMILES string of the molecule is CCCC(C)C(NN)c1cc(F)c(F)c(F)c1. The lowest BCUT2D eigenvalue weighted by Crippen LogP contribution is -2.32. The number of benzene rings is 1. The van der Waals surface area contributed by atoms with Gasteiger partial charge in [0.05, 0.1) is 0 Å². The van der Waals surface area contributed by atoms with Crippen LogP contribution >= 0.6 is 0 Å². The number of hydrazine groups is 1. The number of hydrogen-bond acceptors (Lipinski definition) is 2. The Balaban J connectivity index is 3.04. The third kappa shape index (κ3) is 3.20. The van der Waals surface area contributed by atoms with Crippen molar-refractivity contribution >= 4 is 0 Å². The maximum Gasteiger partial charge on any atom is 0.194 e. The standard InChI is InChI=1S/C12H17F3N2/c1-3-4-7(2)12(17-16)8-5-9(13)11(15)10(14)6-8/h5-7,12,17H,3-4,16H2,1-2H3. The van der Waals surface area contributed by atoms with E-state index >= 15 is 0 Å². The topological polar surface area (TPSA) is 38.0 Å². The molecule has 0 saturated carbocycles. The Morgan fingerprint density at radius 2 is 1.76 bits per heavy atom. The molecule has 5 heteroatoms. The van der Waals surface area contributed by atoms with Crippen LogP contribution in [0.3, 0.4) is 0 Å². The third-order valence-electron chi connectivity index (χ3n) is 2.86. The average molecular weight is 246 g/mol. The lowest BCUT2D eigenvalue weighted by molar-refractivity contribution is 0.362. The van der Waals surface area contributed by atoms with Crippen molar-refractivity contribution < 1.29 is 13.2 Å². The van der Waals surface area contributed by atoms with Gasteiger partial charge in [0.2, 0.25) is 0 Å². The summed E-state index contributed by atoms with van der Waals surface area (Å²) in [5.41, 5.74) is 2.84. The van der Waals surface area contributed by atoms with Gasteiger partial charge in [-0.1, -0.05) is 20.3 Å². The second kappa shape index (κ2) is 6.02. The second-order valence-electron chi connectivity index (χ2n) is 4.21. The summed E-state index contributed by atoms with van der Waals surface area (Å²) in [6, 6.07) is 1.57. The number of rotatable bonds is 5. The molecule has 0 aliphatic carbocycles. The Hall–Kier alpha value is -1.07. The largest absolute Gasteiger partial charge is 0.271 e. The molecule has 2 atom stereocenters. The number of halogens is 3. The smallest absolute Gasteiger partial charge is 0.194 e. The molecule has 1 aromatic carbocycles. The van der Waals surface area contributed by atoms with Crippen molar-refractivity contribution in [3.8, 4) is 0 Å². The highest BCUT2D eigenvalue weighted by atomic mass is 19.2. The van der Waals surface area contributed by atoms with Gasteiger partial charge >= 0.3 is 0 Å². The van der Waals surface area contributed by atoms with Crippen LogP contribution in [0.25, 0.3) is 0 Å². The van der Waals surface area contributed by atoms with Gasteiger partial charge in [0.15, 0.2) is 17.5 Å². The first-order valence-electron chi connectivity index (χ1n) is 5.61. The first-order valence-corrected chi connectivity index (χ1v) is 5.61. The van der Waals surface area contributed by atoms with E-state index in [1.54, 1.807) is 0 Å². The van der Waals surface area contributed by atoms with Crippen molar-refractivity contribution in [1.82, 2.24) is 5.43 Å². The first-order chi connectivity index (χ1) is 8.01. The molecule has 0 aliphatic heterocycles. The molecule has 0 aliphatic rings. The molecule has 0 saturated heterocycles. The quantitative estimate of drug-likeness (QED) is 0.476. The van der Waals surface area contributed by atoms with E-state index in [-0.39, 0.29) is 12.0 Å². The van der Waals surface area contributed by atoms with Crippen LogP contribution in [0.2, 0.25) is 0 Å². The van der Waals surface area contributed by atoms with E-state index in [4.69, 9.17) is 5.84 Å². The highest BCUT2D eigenvalue weighted by molar-refractivity contribution is 5.23. The molecule has 0 heterocycles. The lowest BCUT2D eigenvalue weighted by Gasteiger charge is -2.23. The van der Waals surface area contributed by atoms with Gasteiger partial charge in [-0.2, -0.15) is 0 Å². The maximum absolute atomic E-state index is 13.1. The summed E-state index contributed by atoms with van der Waals surface area (Å²) in [6.07, 6.45) is 1.79. The van der Waals surface area contributed by atoms with Crippen LogP contribution < -0.4 is 11.3 Å². The van der Waals surface area contributed by atoms with Crippen LogP contribution in [0.4, 0.5) is 13.2 Å². The maximum atomic E-state index is 13.1. The summed E-state index contributed by atoms with van der Waals surface area (Å²) in [5.74, 6) is 1.66. The molecule has 17 heavy (non-hydrogen) atoms. The molecule has 1 aromatic rings. The van der Waals surface area contributed by atoms with Crippen LogP contribution in [0.15, 0.2) is 12.1 Å². The van der Waals surface area contributed by atoms with Crippen LogP contribution in [0.1, 0.15) is 38.3 Å². The van der Waals surface area contributed by atoms with Crippen molar-refractivity contribution in [2.75, 3.05) is 0 Å². The molecule has 0 aromatic heterocycles. The van der Waals surface area contributed by atoms with E-state index < -0.39 is 17.5 Å². The first kappa shape index (κ1) is 14.0. The highest BCUT2D eigenvalue weighted by Gasteiger charge is 2.20. The van der Waals surface area contributed by atoms with Crippen molar-refractivity contribution in [2.45, 2.75) is 32.7 Å². The molecule has 2 nitrogen and oxygen atoms in total. The van der Waals surface area contributed by atoms with Gasteiger partial charge in [-0.3, -0.25) is 11.3 Å². The van der Waals surface area contributed by atoms with E-state index in [1.165, 1.54) is 0 Å². The molecule has 0 radical (unpaired) electrons. The Morgan fingerprint density at radius 3 is 2.18 bits per heavy atom. The van der Waals surface area contributed by atoms with E-state index in [2.05, 4.69) is 5.43 Å². The minimum absolute atomic E-state index is 0.106. The zero-order valence-corrected chi connectivity index (χ0v) is 9.93. The Bertz CT molecular complexity index is 359. The molecule has 2 unspecified atom stereocenters. The Kier molecular flexibility index (Phi) is 4.96. The number of nitrogens with two attached hydrogens (primary N) is 1. The van der Waals surface area contributed by atoms with Crippen LogP contribution in [0, 0.1) is 23.4 Å². The molecule has 0 amide bonds. The summed E-state index contributed by atoms with van der Waals surface area (Å²) >= 11 is 0. The fourth-order valence-corrected chi connectivity index (χ4v) is 1.97. The van der Waals surface area contributed by atoms with E-state index in [0.29, 0.717) is 5.56 Å². The van der Waals surface area contributed by atoms with Gasteiger partial charge in [0, 0.05) is 6.04 Å². The van der Waals surface area contributed by atoms with Gasteiger partial charge in [-0.05, 0) is 30.0 Å². The van der Waals surface area contributed by atoms with E-state index in [1.807, 2.05) is 13.8 Å². The third-order valence-corrected chi connectivity index (χ3v) is 2.86. The van der Waals surface area contributed by atoms with Crippen molar-refractivity contribution in [1.29, 1.82) is 0 Å². The Labute approximate surface area is 99.0 Å². The summed E-state index contributed by atoms with van der Waals surface area (Å²) in [6.45, 7) is 3.93. The summed E-state index contributed by atoms with van der Waals surface area (Å²) < 4.78 is 39.0. The number of hydrogen-bond donors (Lipinski definition) is 2. The molecule has 0 bridgehead atoms. The van der Waals surface area contributed by atoms with Crippen molar-refractivity contribution in [3.05, 3.63) is 35.1 Å². The second-order valence-corrected chi connectivity index (χ2v) is 4.21. The van der Waals surface area contributed by atoms with Crippen molar-refractivity contribution in [3.63, 3.8) is 0 Å². The molecule has 0 spiro atoms. The molecule has 3 N–H and O–H groups in total. The average Bonchev–Trinajstić information content (AvgIpc) is 2.27. The molecule has 1 rings (SSSR count). The van der Waals surface area contributed by atoms with Gasteiger partial charge in [0.1, 0.15) is 0 Å². The van der Waals surface area contributed by atoms with Gasteiger partial charge in [0.25, 0.3) is 0 Å². The number of nitrogens with one attached hydrogen (secondary N) is 1. The highest BCUT2D eigenvalue weighted by Crippen LogP contribution is 2.27. The zero-order valence-electron chi connectivity index (χ0n) is 9.93. The zero-order chi connectivity index (χ0) is 13.0. The predicted octanol–water partition coefficient (Wildman–Crippen LogP) is 3.04.